The molecule has 112 valence electrons. The quantitative estimate of drug-likeness (QED) is 0.945. The van der Waals surface area contributed by atoms with Crippen molar-refractivity contribution in [3.63, 3.8) is 0 Å². The van der Waals surface area contributed by atoms with Gasteiger partial charge in [0.1, 0.15) is 0 Å². The summed E-state index contributed by atoms with van der Waals surface area (Å²) in [6.45, 7) is 1.44. The molecule has 1 saturated heterocycles. The van der Waals surface area contributed by atoms with Gasteiger partial charge in [-0.2, -0.15) is 0 Å². The molecule has 3 heteroatoms. The summed E-state index contributed by atoms with van der Waals surface area (Å²) >= 11 is 0. The van der Waals surface area contributed by atoms with E-state index in [4.69, 9.17) is 5.73 Å². The number of hydrogen-bond donors (Lipinski definition) is 1. The molecule has 2 fully saturated rings. The van der Waals surface area contributed by atoms with Gasteiger partial charge >= 0.3 is 0 Å². The zero-order chi connectivity index (χ0) is 15.1. The monoisotopic (exact) mass is 292 g/mol. The van der Waals surface area contributed by atoms with Gasteiger partial charge in [-0.3, -0.25) is 4.79 Å². The lowest BCUT2D eigenvalue weighted by Gasteiger charge is -2.27. The van der Waals surface area contributed by atoms with Gasteiger partial charge in [-0.25, -0.2) is 0 Å². The Morgan fingerprint density at radius 3 is 2.59 bits per heavy atom. The first-order valence-electron chi connectivity index (χ1n) is 7.95. The van der Waals surface area contributed by atoms with E-state index in [0.717, 1.165) is 23.2 Å². The minimum absolute atomic E-state index is 0.127. The number of rotatable bonds is 3. The third-order valence-electron chi connectivity index (χ3n) is 5.05. The number of benzene rings is 2. The Labute approximate surface area is 130 Å². The molecule has 2 aromatic carbocycles. The van der Waals surface area contributed by atoms with E-state index in [0.29, 0.717) is 18.4 Å². The van der Waals surface area contributed by atoms with E-state index >= 15 is 0 Å². The first kappa shape index (κ1) is 13.5. The van der Waals surface area contributed by atoms with Gasteiger partial charge < -0.3 is 10.6 Å². The van der Waals surface area contributed by atoms with E-state index in [1.54, 1.807) is 0 Å². The Hall–Kier alpha value is -2.13. The van der Waals surface area contributed by atoms with Crippen molar-refractivity contribution >= 4 is 5.91 Å². The largest absolute Gasteiger partial charge is 0.334 e. The third kappa shape index (κ3) is 2.13. The van der Waals surface area contributed by atoms with Crippen LogP contribution in [-0.2, 0) is 0 Å². The summed E-state index contributed by atoms with van der Waals surface area (Å²) < 4.78 is 0. The predicted octanol–water partition coefficient (Wildman–Crippen LogP) is 2.77. The van der Waals surface area contributed by atoms with Crippen LogP contribution in [0.2, 0.25) is 0 Å². The lowest BCUT2D eigenvalue weighted by molar-refractivity contribution is 0.0713. The minimum atomic E-state index is 0.127. The van der Waals surface area contributed by atoms with Crippen molar-refractivity contribution < 1.29 is 4.79 Å². The number of likely N-dealkylation sites (tertiary alicyclic amines) is 1. The highest BCUT2D eigenvalue weighted by molar-refractivity contribution is 6.01. The molecule has 22 heavy (non-hydrogen) atoms. The molecule has 2 N–H and O–H groups in total. The number of piperidine rings is 1. The summed E-state index contributed by atoms with van der Waals surface area (Å²) in [6.07, 6.45) is 1.24. The van der Waals surface area contributed by atoms with E-state index in [1.807, 2.05) is 59.5 Å². The Balaban J connectivity index is 1.70. The average molecular weight is 292 g/mol. The molecule has 2 aromatic rings. The van der Waals surface area contributed by atoms with Gasteiger partial charge in [-0.05, 0) is 35.4 Å². The fourth-order valence-electron chi connectivity index (χ4n) is 3.80. The summed E-state index contributed by atoms with van der Waals surface area (Å²) in [5, 5.41) is 0. The Kier molecular flexibility index (Phi) is 3.23. The van der Waals surface area contributed by atoms with Crippen LogP contribution in [0, 0.1) is 11.8 Å². The summed E-state index contributed by atoms with van der Waals surface area (Å²) in [4.78, 5) is 15.0. The van der Waals surface area contributed by atoms with Crippen molar-refractivity contribution in [2.24, 2.45) is 17.6 Å². The molecule has 3 atom stereocenters. The molecule has 0 bridgehead atoms. The zero-order valence-corrected chi connectivity index (χ0v) is 12.5. The van der Waals surface area contributed by atoms with Crippen LogP contribution in [-0.4, -0.2) is 29.9 Å². The van der Waals surface area contributed by atoms with Crippen LogP contribution >= 0.6 is 0 Å². The topological polar surface area (TPSA) is 46.3 Å². The van der Waals surface area contributed by atoms with Crippen LogP contribution in [0.1, 0.15) is 16.8 Å². The number of fused-ring (bicyclic) bond motifs is 1. The average Bonchev–Trinajstić information content (AvgIpc) is 3.26. The smallest absolute Gasteiger partial charge is 0.254 e. The van der Waals surface area contributed by atoms with Crippen molar-refractivity contribution in [3.8, 4) is 11.1 Å². The minimum Gasteiger partial charge on any atom is -0.334 e. The number of nitrogens with zero attached hydrogens (tertiary/aromatic N) is 1. The highest BCUT2D eigenvalue weighted by atomic mass is 16.2. The highest BCUT2D eigenvalue weighted by Gasteiger charge is 2.53. The molecular formula is C19H20N2O. The molecular weight excluding hydrogens is 272 g/mol. The van der Waals surface area contributed by atoms with Crippen molar-refractivity contribution in [2.45, 2.75) is 12.5 Å². The fraction of sp³-hybridized carbons (Fsp3) is 0.316. The summed E-state index contributed by atoms with van der Waals surface area (Å²) in [5.41, 5.74) is 8.79. The molecule has 0 spiro atoms. The lowest BCUT2D eigenvalue weighted by Crippen LogP contribution is -2.42. The number of nitrogens with two attached hydrogens (primary N) is 1. The van der Waals surface area contributed by atoms with Crippen LogP contribution in [0.3, 0.4) is 0 Å². The molecule has 1 aliphatic heterocycles. The van der Waals surface area contributed by atoms with Crippen molar-refractivity contribution in [2.75, 3.05) is 13.1 Å². The van der Waals surface area contributed by atoms with Gasteiger partial charge in [0.05, 0.1) is 0 Å². The molecule has 1 aliphatic carbocycles. The van der Waals surface area contributed by atoms with Crippen LogP contribution in [0.15, 0.2) is 54.6 Å². The Morgan fingerprint density at radius 2 is 1.82 bits per heavy atom. The maximum absolute atomic E-state index is 13.0. The van der Waals surface area contributed by atoms with Crippen LogP contribution < -0.4 is 5.73 Å². The third-order valence-corrected chi connectivity index (χ3v) is 5.05. The molecule has 4 rings (SSSR count). The number of carbonyl (C=O) groups excluding carboxylic acids is 1. The zero-order valence-electron chi connectivity index (χ0n) is 12.5. The first-order chi connectivity index (χ1) is 10.8. The number of carbonyl (C=O) groups is 1. The van der Waals surface area contributed by atoms with E-state index in [1.165, 1.54) is 6.42 Å². The van der Waals surface area contributed by atoms with Crippen LogP contribution in [0.4, 0.5) is 0 Å². The highest BCUT2D eigenvalue weighted by Crippen LogP contribution is 2.49. The molecule has 1 heterocycles. The van der Waals surface area contributed by atoms with Gasteiger partial charge in [0.15, 0.2) is 0 Å². The van der Waals surface area contributed by atoms with Gasteiger partial charge in [0.2, 0.25) is 0 Å². The van der Waals surface area contributed by atoms with E-state index in [2.05, 4.69) is 0 Å². The summed E-state index contributed by atoms with van der Waals surface area (Å²) in [6, 6.07) is 18.2. The molecule has 0 aromatic heterocycles. The second-order valence-electron chi connectivity index (χ2n) is 6.33. The second-order valence-corrected chi connectivity index (χ2v) is 6.33. The molecule has 0 radical (unpaired) electrons. The van der Waals surface area contributed by atoms with E-state index in [-0.39, 0.29) is 11.9 Å². The number of amides is 1. The van der Waals surface area contributed by atoms with Gasteiger partial charge in [0, 0.05) is 24.7 Å². The van der Waals surface area contributed by atoms with E-state index in [9.17, 15) is 4.79 Å². The molecule has 3 nitrogen and oxygen atoms in total. The van der Waals surface area contributed by atoms with Crippen molar-refractivity contribution in [1.82, 2.24) is 4.90 Å². The summed E-state index contributed by atoms with van der Waals surface area (Å²) in [5.74, 6) is 1.45. The molecule has 1 amide bonds. The lowest BCUT2D eigenvalue weighted by atomic mass is 9.98. The first-order valence-corrected chi connectivity index (χ1v) is 7.95. The van der Waals surface area contributed by atoms with Gasteiger partial charge in [-0.1, -0.05) is 48.5 Å². The van der Waals surface area contributed by atoms with E-state index < -0.39 is 0 Å². The van der Waals surface area contributed by atoms with Crippen molar-refractivity contribution in [3.05, 3.63) is 60.2 Å². The maximum Gasteiger partial charge on any atom is 0.254 e. The summed E-state index contributed by atoms with van der Waals surface area (Å²) in [7, 11) is 0. The van der Waals surface area contributed by atoms with Crippen LogP contribution in [0.5, 0.6) is 0 Å². The van der Waals surface area contributed by atoms with Crippen molar-refractivity contribution in [1.29, 1.82) is 0 Å². The standard InChI is InChI=1S/C19H20N2O/c20-11-18-17-10-14(17)12-21(18)19(22)16-9-5-4-8-15(16)13-6-2-1-3-7-13/h1-9,14,17-18H,10-12,20H2/t14-,17-,18-/m1/s1. The second kappa shape index (κ2) is 5.25. The predicted molar refractivity (Wildman–Crippen MR) is 87.4 cm³/mol. The Morgan fingerprint density at radius 1 is 1.09 bits per heavy atom. The van der Waals surface area contributed by atoms with Crippen LogP contribution in [0.25, 0.3) is 11.1 Å². The van der Waals surface area contributed by atoms with Gasteiger partial charge in [0.25, 0.3) is 5.91 Å². The molecule has 1 saturated carbocycles. The SMILES string of the molecule is NC[C@@H]1[C@@H]2C[C@@H]2CN1C(=O)c1ccccc1-c1ccccc1. The molecule has 0 unspecified atom stereocenters. The van der Waals surface area contributed by atoms with Gasteiger partial charge in [-0.15, -0.1) is 0 Å². The normalized spacial score (nSPS) is 25.9. The Bertz CT molecular complexity index is 698. The fourth-order valence-corrected chi connectivity index (χ4v) is 3.80. The maximum atomic E-state index is 13.0. The molecule has 2 aliphatic rings. The number of hydrogen-bond acceptors (Lipinski definition) is 2.